The molecule has 2 rings (SSSR count). The Morgan fingerprint density at radius 1 is 1.29 bits per heavy atom. The van der Waals surface area contributed by atoms with E-state index in [9.17, 15) is 13.2 Å². The number of hydrogen-bond donors (Lipinski definition) is 2. The zero-order valence-corrected chi connectivity index (χ0v) is 14.3. The Balaban J connectivity index is 2.35. The van der Waals surface area contributed by atoms with Gasteiger partial charge in [0, 0.05) is 12.7 Å². The van der Waals surface area contributed by atoms with Gasteiger partial charge in [-0.25, -0.2) is 8.42 Å². The van der Waals surface area contributed by atoms with Crippen LogP contribution in [0.1, 0.15) is 23.7 Å². The van der Waals surface area contributed by atoms with Crippen LogP contribution in [0.25, 0.3) is 0 Å². The average Bonchev–Trinajstić information content (AvgIpc) is 2.59. The minimum Gasteiger partial charge on any atom is -0.496 e. The zero-order chi connectivity index (χ0) is 17.6. The Morgan fingerprint density at radius 3 is 2.71 bits per heavy atom. The molecule has 0 aliphatic heterocycles. The Morgan fingerprint density at radius 2 is 2.08 bits per heavy atom. The molecule has 2 aromatic rings. The van der Waals surface area contributed by atoms with Gasteiger partial charge in [0.25, 0.3) is 15.9 Å². The average molecular weight is 349 g/mol. The van der Waals surface area contributed by atoms with Crippen molar-refractivity contribution in [1.82, 2.24) is 10.3 Å². The van der Waals surface area contributed by atoms with Crippen LogP contribution in [0, 0.1) is 0 Å². The predicted molar refractivity (Wildman–Crippen MR) is 90.7 cm³/mol. The highest BCUT2D eigenvalue weighted by Gasteiger charge is 2.20. The molecule has 1 heterocycles. The third-order valence-corrected chi connectivity index (χ3v) is 4.55. The lowest BCUT2D eigenvalue weighted by Crippen LogP contribution is -2.25. The van der Waals surface area contributed by atoms with Crippen LogP contribution < -0.4 is 14.8 Å². The van der Waals surface area contributed by atoms with E-state index >= 15 is 0 Å². The lowest BCUT2D eigenvalue weighted by molar-refractivity contribution is 0.0950. The van der Waals surface area contributed by atoms with Gasteiger partial charge in [-0.05, 0) is 36.8 Å². The van der Waals surface area contributed by atoms with E-state index < -0.39 is 10.0 Å². The Hall–Kier alpha value is -2.61. The van der Waals surface area contributed by atoms with Crippen LogP contribution >= 0.6 is 0 Å². The quantitative estimate of drug-likeness (QED) is 0.797. The molecule has 1 aromatic heterocycles. The summed E-state index contributed by atoms with van der Waals surface area (Å²) in [7, 11) is -2.42. The van der Waals surface area contributed by atoms with Crippen molar-refractivity contribution in [2.45, 2.75) is 18.2 Å². The molecular weight excluding hydrogens is 330 g/mol. The molecule has 0 radical (unpaired) electrons. The van der Waals surface area contributed by atoms with Crippen LogP contribution in [0.3, 0.4) is 0 Å². The summed E-state index contributed by atoms with van der Waals surface area (Å²) in [5, 5.41) is 2.71. The van der Waals surface area contributed by atoms with Crippen LogP contribution in [-0.4, -0.2) is 33.0 Å². The Kier molecular flexibility index (Phi) is 5.75. The molecule has 0 aliphatic carbocycles. The molecule has 8 heteroatoms. The molecule has 128 valence electrons. The van der Waals surface area contributed by atoms with Crippen molar-refractivity contribution in [3.05, 3.63) is 48.3 Å². The zero-order valence-electron chi connectivity index (χ0n) is 13.4. The van der Waals surface area contributed by atoms with Gasteiger partial charge < -0.3 is 10.1 Å². The van der Waals surface area contributed by atoms with Crippen molar-refractivity contribution in [2.24, 2.45) is 0 Å². The summed E-state index contributed by atoms with van der Waals surface area (Å²) < 4.78 is 32.5. The molecule has 1 amide bonds. The largest absolute Gasteiger partial charge is 0.496 e. The summed E-state index contributed by atoms with van der Waals surface area (Å²) >= 11 is 0. The van der Waals surface area contributed by atoms with Gasteiger partial charge in [0.05, 0.1) is 29.5 Å². The molecule has 7 nitrogen and oxygen atoms in total. The normalized spacial score (nSPS) is 10.9. The fourth-order valence-electron chi connectivity index (χ4n) is 2.00. The number of hydrogen-bond acceptors (Lipinski definition) is 5. The molecule has 0 unspecified atom stereocenters. The van der Waals surface area contributed by atoms with Gasteiger partial charge in [0.2, 0.25) is 0 Å². The summed E-state index contributed by atoms with van der Waals surface area (Å²) in [6.45, 7) is 2.42. The molecule has 1 aromatic carbocycles. The van der Waals surface area contributed by atoms with Gasteiger partial charge in [-0.3, -0.25) is 14.5 Å². The number of carbonyl (C=O) groups excluding carboxylic acids is 1. The summed E-state index contributed by atoms with van der Waals surface area (Å²) in [4.78, 5) is 16.0. The number of pyridine rings is 1. The monoisotopic (exact) mass is 349 g/mol. The van der Waals surface area contributed by atoms with Gasteiger partial charge in [0.15, 0.2) is 0 Å². The lowest BCUT2D eigenvalue weighted by atomic mass is 10.2. The SMILES string of the molecule is CCCNC(=O)c1cc(S(=O)(=O)Nc2cccnc2)ccc1OC. The third kappa shape index (κ3) is 4.23. The molecular formula is C16H19N3O4S. The van der Waals surface area contributed by atoms with Crippen molar-refractivity contribution < 1.29 is 17.9 Å². The van der Waals surface area contributed by atoms with E-state index in [0.717, 1.165) is 6.42 Å². The minimum absolute atomic E-state index is 0.0335. The molecule has 0 aliphatic rings. The van der Waals surface area contributed by atoms with Crippen LogP contribution in [0.15, 0.2) is 47.6 Å². The molecule has 0 saturated heterocycles. The molecule has 0 fully saturated rings. The predicted octanol–water partition coefficient (Wildman–Crippen LogP) is 2.03. The summed E-state index contributed by atoms with van der Waals surface area (Å²) in [5.74, 6) is -0.0731. The van der Waals surface area contributed by atoms with Crippen molar-refractivity contribution >= 4 is 21.6 Å². The second kappa shape index (κ2) is 7.78. The standard InChI is InChI=1S/C16H19N3O4S/c1-3-8-18-16(20)14-10-13(6-7-15(14)23-2)24(21,22)19-12-5-4-9-17-11-12/h4-7,9-11,19H,3,8H2,1-2H3,(H,18,20). The lowest BCUT2D eigenvalue weighted by Gasteiger charge is -2.12. The smallest absolute Gasteiger partial charge is 0.261 e. The number of sulfonamides is 1. The van der Waals surface area contributed by atoms with Gasteiger partial charge in [-0.2, -0.15) is 0 Å². The van der Waals surface area contributed by atoms with Crippen LogP contribution in [-0.2, 0) is 10.0 Å². The topological polar surface area (TPSA) is 97.4 Å². The van der Waals surface area contributed by atoms with E-state index in [1.165, 1.54) is 31.5 Å². The summed E-state index contributed by atoms with van der Waals surface area (Å²) in [6, 6.07) is 7.34. The van der Waals surface area contributed by atoms with Gasteiger partial charge in [0.1, 0.15) is 5.75 Å². The maximum absolute atomic E-state index is 12.5. The van der Waals surface area contributed by atoms with Crippen molar-refractivity contribution in [3.63, 3.8) is 0 Å². The number of carbonyl (C=O) groups is 1. The molecule has 0 spiro atoms. The molecule has 0 atom stereocenters. The fourth-order valence-corrected chi connectivity index (χ4v) is 3.07. The molecule has 0 saturated carbocycles. The first-order valence-electron chi connectivity index (χ1n) is 7.37. The fraction of sp³-hybridized carbons (Fsp3) is 0.250. The van der Waals surface area contributed by atoms with E-state index in [-0.39, 0.29) is 16.4 Å². The highest BCUT2D eigenvalue weighted by molar-refractivity contribution is 7.92. The first-order chi connectivity index (χ1) is 11.5. The number of anilines is 1. The van der Waals surface area contributed by atoms with E-state index in [1.54, 1.807) is 18.3 Å². The Bertz CT molecular complexity index is 807. The maximum Gasteiger partial charge on any atom is 0.261 e. The number of rotatable bonds is 7. The second-order valence-electron chi connectivity index (χ2n) is 4.97. The number of ether oxygens (including phenoxy) is 1. The number of aromatic nitrogens is 1. The van der Waals surface area contributed by atoms with Crippen LogP contribution in [0.5, 0.6) is 5.75 Å². The summed E-state index contributed by atoms with van der Waals surface area (Å²) in [5.41, 5.74) is 0.505. The van der Waals surface area contributed by atoms with E-state index in [2.05, 4.69) is 15.0 Å². The van der Waals surface area contributed by atoms with Crippen LogP contribution in [0.2, 0.25) is 0 Å². The van der Waals surface area contributed by atoms with Gasteiger partial charge >= 0.3 is 0 Å². The second-order valence-corrected chi connectivity index (χ2v) is 6.65. The van der Waals surface area contributed by atoms with E-state index in [0.29, 0.717) is 18.0 Å². The van der Waals surface area contributed by atoms with E-state index in [4.69, 9.17) is 4.74 Å². The number of nitrogens with one attached hydrogen (secondary N) is 2. The van der Waals surface area contributed by atoms with E-state index in [1.807, 2.05) is 6.92 Å². The first-order valence-corrected chi connectivity index (χ1v) is 8.85. The molecule has 24 heavy (non-hydrogen) atoms. The number of methoxy groups -OCH3 is 1. The number of amides is 1. The van der Waals surface area contributed by atoms with Crippen molar-refractivity contribution in [3.8, 4) is 5.75 Å². The van der Waals surface area contributed by atoms with Crippen molar-refractivity contribution in [1.29, 1.82) is 0 Å². The minimum atomic E-state index is -3.84. The summed E-state index contributed by atoms with van der Waals surface area (Å²) in [6.07, 6.45) is 3.71. The number of nitrogens with zero attached hydrogens (tertiary/aromatic N) is 1. The first kappa shape index (κ1) is 17.7. The molecule has 0 bridgehead atoms. The van der Waals surface area contributed by atoms with Crippen molar-refractivity contribution in [2.75, 3.05) is 18.4 Å². The highest BCUT2D eigenvalue weighted by atomic mass is 32.2. The molecule has 2 N–H and O–H groups in total. The highest BCUT2D eigenvalue weighted by Crippen LogP contribution is 2.24. The van der Waals surface area contributed by atoms with Gasteiger partial charge in [-0.1, -0.05) is 6.92 Å². The van der Waals surface area contributed by atoms with Gasteiger partial charge in [-0.15, -0.1) is 0 Å². The Labute approximate surface area is 141 Å². The maximum atomic E-state index is 12.5. The third-order valence-electron chi connectivity index (χ3n) is 3.18. The van der Waals surface area contributed by atoms with Crippen LogP contribution in [0.4, 0.5) is 5.69 Å². The number of benzene rings is 1.